The number of rotatable bonds is 2. The standard InChI is InChI=1S/C18H8N4O5/c23-18-10-6-8-14(22(26)27)16-13(21(24)25)7-5-9(15(10)16)17-19-11-3-1-2-4-12(11)20(17)18/h1-8H. The summed E-state index contributed by atoms with van der Waals surface area (Å²) in [5.41, 5.74) is 0.252. The van der Waals surface area contributed by atoms with Crippen molar-refractivity contribution in [1.82, 2.24) is 9.38 Å². The maximum absolute atomic E-state index is 13.1. The maximum Gasteiger partial charge on any atom is 0.284 e. The van der Waals surface area contributed by atoms with Crippen LogP contribution >= 0.6 is 0 Å². The highest BCUT2D eigenvalue weighted by atomic mass is 16.6. The van der Waals surface area contributed by atoms with Gasteiger partial charge in [-0.1, -0.05) is 12.1 Å². The van der Waals surface area contributed by atoms with Crippen LogP contribution in [0.4, 0.5) is 11.4 Å². The number of fused-ring (bicyclic) bond motifs is 4. The van der Waals surface area contributed by atoms with Crippen LogP contribution in [0.2, 0.25) is 0 Å². The average molecular weight is 360 g/mol. The fourth-order valence-electron chi connectivity index (χ4n) is 3.66. The Morgan fingerprint density at radius 1 is 0.815 bits per heavy atom. The molecule has 0 amide bonds. The van der Waals surface area contributed by atoms with E-state index in [2.05, 4.69) is 4.98 Å². The van der Waals surface area contributed by atoms with Gasteiger partial charge in [-0.05, 0) is 24.3 Å². The Morgan fingerprint density at radius 2 is 1.44 bits per heavy atom. The normalized spacial score (nSPS) is 11.7. The molecule has 2 aromatic heterocycles. The second kappa shape index (κ2) is 4.94. The maximum atomic E-state index is 13.1. The highest BCUT2D eigenvalue weighted by molar-refractivity contribution is 6.20. The fraction of sp³-hybridized carbons (Fsp3) is 0. The van der Waals surface area contributed by atoms with Crippen molar-refractivity contribution in [3.63, 3.8) is 0 Å². The number of nitrogens with zero attached hydrogens (tertiary/aromatic N) is 4. The van der Waals surface area contributed by atoms with E-state index in [9.17, 15) is 25.0 Å². The summed E-state index contributed by atoms with van der Waals surface area (Å²) >= 11 is 0. The van der Waals surface area contributed by atoms with Crippen molar-refractivity contribution >= 4 is 49.6 Å². The van der Waals surface area contributed by atoms with E-state index in [1.807, 2.05) is 0 Å². The lowest BCUT2D eigenvalue weighted by Gasteiger charge is -2.08. The number of hydrogen-bond donors (Lipinski definition) is 0. The molecule has 0 N–H and O–H groups in total. The van der Waals surface area contributed by atoms with Crippen molar-refractivity contribution < 1.29 is 9.85 Å². The molecule has 130 valence electrons. The van der Waals surface area contributed by atoms with Gasteiger partial charge in [0.15, 0.2) is 0 Å². The lowest BCUT2D eigenvalue weighted by molar-refractivity contribution is -0.390. The summed E-state index contributed by atoms with van der Waals surface area (Å²) in [6, 6.07) is 12.2. The van der Waals surface area contributed by atoms with Crippen molar-refractivity contribution in [2.75, 3.05) is 0 Å². The van der Waals surface area contributed by atoms with Crippen molar-refractivity contribution in [2.24, 2.45) is 0 Å². The van der Waals surface area contributed by atoms with Gasteiger partial charge in [0.2, 0.25) is 0 Å². The molecule has 0 atom stereocenters. The van der Waals surface area contributed by atoms with E-state index in [-0.39, 0.29) is 16.2 Å². The minimum atomic E-state index is -0.683. The molecule has 3 aromatic carbocycles. The largest absolute Gasteiger partial charge is 0.284 e. The number of imidazole rings is 1. The van der Waals surface area contributed by atoms with Gasteiger partial charge in [-0.3, -0.25) is 29.4 Å². The third kappa shape index (κ3) is 1.82. The number of hydrogen-bond acceptors (Lipinski definition) is 6. The van der Waals surface area contributed by atoms with Gasteiger partial charge in [0.05, 0.1) is 20.9 Å². The Balaban J connectivity index is 2.17. The first-order valence-electron chi connectivity index (χ1n) is 7.90. The third-order valence-electron chi connectivity index (χ3n) is 4.75. The summed E-state index contributed by atoms with van der Waals surface area (Å²) < 4.78 is 1.43. The molecule has 0 fully saturated rings. The summed E-state index contributed by atoms with van der Waals surface area (Å²) in [5.74, 6) is 0. The second-order valence-corrected chi connectivity index (χ2v) is 6.09. The molecule has 0 bridgehead atoms. The van der Waals surface area contributed by atoms with Gasteiger partial charge in [0.1, 0.15) is 11.0 Å². The molecule has 0 saturated heterocycles. The number of aromatic nitrogens is 2. The third-order valence-corrected chi connectivity index (χ3v) is 4.75. The van der Waals surface area contributed by atoms with Crippen LogP contribution in [0.25, 0.3) is 38.2 Å². The first kappa shape index (κ1) is 15.1. The van der Waals surface area contributed by atoms with Crippen molar-refractivity contribution in [2.45, 2.75) is 0 Å². The minimum absolute atomic E-state index is 0.161. The summed E-state index contributed by atoms with van der Waals surface area (Å²) in [6.07, 6.45) is 0. The van der Waals surface area contributed by atoms with E-state index in [0.717, 1.165) is 6.07 Å². The summed E-state index contributed by atoms with van der Waals surface area (Å²) in [7, 11) is 0. The van der Waals surface area contributed by atoms with Gasteiger partial charge in [0, 0.05) is 28.3 Å². The molecule has 9 nitrogen and oxygen atoms in total. The van der Waals surface area contributed by atoms with Crippen LogP contribution in [-0.4, -0.2) is 19.2 Å². The summed E-state index contributed by atoms with van der Waals surface area (Å²) in [6.45, 7) is 0. The first-order chi connectivity index (χ1) is 13.0. The van der Waals surface area contributed by atoms with Crippen LogP contribution in [0.5, 0.6) is 0 Å². The van der Waals surface area contributed by atoms with E-state index in [1.54, 1.807) is 24.3 Å². The van der Waals surface area contributed by atoms with E-state index in [0.29, 0.717) is 22.1 Å². The minimum Gasteiger partial charge on any atom is -0.268 e. The summed E-state index contributed by atoms with van der Waals surface area (Å²) in [4.78, 5) is 39.2. The molecule has 27 heavy (non-hydrogen) atoms. The Labute approximate surface area is 148 Å². The Hall–Kier alpha value is -4.14. The smallest absolute Gasteiger partial charge is 0.268 e. The Bertz CT molecular complexity index is 1480. The predicted molar refractivity (Wildman–Crippen MR) is 98.5 cm³/mol. The van der Waals surface area contributed by atoms with Gasteiger partial charge in [-0.2, -0.15) is 0 Å². The molecule has 0 saturated carbocycles. The van der Waals surface area contributed by atoms with Crippen LogP contribution in [0.3, 0.4) is 0 Å². The number of non-ortho nitro benzene ring substituents is 2. The molecule has 5 rings (SSSR count). The predicted octanol–water partition coefficient (Wildman–Crippen LogP) is 3.41. The van der Waals surface area contributed by atoms with Crippen LogP contribution in [0.15, 0.2) is 53.3 Å². The van der Waals surface area contributed by atoms with Crippen LogP contribution in [0.1, 0.15) is 0 Å². The van der Waals surface area contributed by atoms with E-state index in [4.69, 9.17) is 0 Å². The lowest BCUT2D eigenvalue weighted by atomic mass is 9.99. The quantitative estimate of drug-likeness (QED) is 0.351. The molecule has 0 aliphatic heterocycles. The molecule has 9 heteroatoms. The van der Waals surface area contributed by atoms with Gasteiger partial charge >= 0.3 is 0 Å². The van der Waals surface area contributed by atoms with Crippen LogP contribution < -0.4 is 5.56 Å². The van der Waals surface area contributed by atoms with Gasteiger partial charge in [-0.15, -0.1) is 0 Å². The zero-order valence-electron chi connectivity index (χ0n) is 13.4. The van der Waals surface area contributed by atoms with Crippen LogP contribution in [-0.2, 0) is 0 Å². The number of nitro benzene ring substituents is 2. The van der Waals surface area contributed by atoms with Gasteiger partial charge in [-0.25, -0.2) is 4.98 Å². The van der Waals surface area contributed by atoms with E-state index in [1.165, 1.54) is 22.6 Å². The van der Waals surface area contributed by atoms with Crippen LogP contribution in [0, 0.1) is 20.2 Å². The number of nitro groups is 2. The molecule has 0 aliphatic rings. The number of para-hydroxylation sites is 2. The molecule has 0 spiro atoms. The molecule has 0 radical (unpaired) electrons. The van der Waals surface area contributed by atoms with Crippen molar-refractivity contribution in [3.05, 3.63) is 79.1 Å². The van der Waals surface area contributed by atoms with Gasteiger partial charge in [0.25, 0.3) is 16.9 Å². The molecular formula is C18H8N4O5. The molecule has 5 aromatic rings. The molecule has 2 heterocycles. The summed E-state index contributed by atoms with van der Waals surface area (Å²) in [5, 5.41) is 23.6. The van der Waals surface area contributed by atoms with Gasteiger partial charge < -0.3 is 0 Å². The zero-order chi connectivity index (χ0) is 18.9. The zero-order valence-corrected chi connectivity index (χ0v) is 13.4. The highest BCUT2D eigenvalue weighted by Crippen LogP contribution is 2.39. The van der Waals surface area contributed by atoms with E-state index >= 15 is 0 Å². The second-order valence-electron chi connectivity index (χ2n) is 6.09. The monoisotopic (exact) mass is 360 g/mol. The highest BCUT2D eigenvalue weighted by Gasteiger charge is 2.27. The van der Waals surface area contributed by atoms with Crippen molar-refractivity contribution in [1.29, 1.82) is 0 Å². The Morgan fingerprint density at radius 3 is 2.11 bits per heavy atom. The first-order valence-corrected chi connectivity index (χ1v) is 7.90. The number of benzene rings is 3. The molecule has 0 unspecified atom stereocenters. The Kier molecular flexibility index (Phi) is 2.77. The number of pyridine rings is 1. The lowest BCUT2D eigenvalue weighted by Crippen LogP contribution is -2.13. The van der Waals surface area contributed by atoms with Crippen molar-refractivity contribution in [3.8, 4) is 0 Å². The molecular weight excluding hydrogens is 352 g/mol. The topological polar surface area (TPSA) is 121 Å². The molecule has 0 aliphatic carbocycles. The SMILES string of the molecule is O=c1c2ccc([N+](=O)[O-])c3c([N+](=O)[O-])ccc(c32)c2nc3ccccc3n12. The fourth-order valence-corrected chi connectivity index (χ4v) is 3.66. The van der Waals surface area contributed by atoms with E-state index < -0.39 is 26.8 Å². The average Bonchev–Trinajstić information content (AvgIpc) is 3.04.